The van der Waals surface area contributed by atoms with Gasteiger partial charge in [0.1, 0.15) is 11.6 Å². The summed E-state index contributed by atoms with van der Waals surface area (Å²) in [7, 11) is 1.64. The van der Waals surface area contributed by atoms with Crippen molar-refractivity contribution in [1.29, 1.82) is 0 Å². The lowest BCUT2D eigenvalue weighted by Gasteiger charge is -2.21. The minimum atomic E-state index is -0.277. The van der Waals surface area contributed by atoms with Crippen LogP contribution in [-0.4, -0.2) is 7.11 Å². The van der Waals surface area contributed by atoms with Crippen LogP contribution in [0.1, 0.15) is 26.2 Å². The molecule has 1 rings (SSSR count). The van der Waals surface area contributed by atoms with Gasteiger partial charge in [-0.15, -0.1) is 0 Å². The molecule has 1 saturated carbocycles. The highest BCUT2D eigenvalue weighted by atomic mass is 19.1. The fraction of sp³-hybridized carbons (Fsp3) is 0.333. The molecule has 92 valence electrons. The number of hydrogen-bond acceptors (Lipinski definition) is 1. The first kappa shape index (κ1) is 13.5. The molecule has 0 aromatic heterocycles. The largest absolute Gasteiger partial charge is 0.496 e. The van der Waals surface area contributed by atoms with E-state index in [-0.39, 0.29) is 5.83 Å². The molecular weight excluding hydrogens is 215 g/mol. The quantitative estimate of drug-likeness (QED) is 0.498. The zero-order valence-corrected chi connectivity index (χ0v) is 10.5. The molecule has 1 aliphatic carbocycles. The van der Waals surface area contributed by atoms with Crippen LogP contribution in [-0.2, 0) is 4.74 Å². The van der Waals surface area contributed by atoms with E-state index in [0.717, 1.165) is 24.2 Å². The summed E-state index contributed by atoms with van der Waals surface area (Å²) >= 11 is 0. The highest BCUT2D eigenvalue weighted by molar-refractivity contribution is 5.42. The molecule has 1 aliphatic rings. The molecule has 0 heterocycles. The molecule has 0 atom stereocenters. The van der Waals surface area contributed by atoms with Gasteiger partial charge in [0.05, 0.1) is 7.11 Å². The maximum atomic E-state index is 13.2. The number of halogens is 1. The first-order valence-electron chi connectivity index (χ1n) is 5.82. The third-order valence-corrected chi connectivity index (χ3v) is 2.71. The fourth-order valence-electron chi connectivity index (χ4n) is 1.67. The standard InChI is InChI=1S/C15H19FO/c1-4-7-14(16)11-10-12(5-2)15(17-3)13-8-6-9-13/h4-5,7,10-11H,2,6,8-9H2,1,3H3/b7-4-,12-10+,14-11+. The van der Waals surface area contributed by atoms with Gasteiger partial charge in [-0.3, -0.25) is 0 Å². The molecule has 0 saturated heterocycles. The van der Waals surface area contributed by atoms with Gasteiger partial charge in [0, 0.05) is 5.57 Å². The summed E-state index contributed by atoms with van der Waals surface area (Å²) in [6, 6.07) is 0. The van der Waals surface area contributed by atoms with E-state index in [9.17, 15) is 4.39 Å². The second kappa shape index (κ2) is 6.89. The van der Waals surface area contributed by atoms with Crippen LogP contribution in [0.3, 0.4) is 0 Å². The summed E-state index contributed by atoms with van der Waals surface area (Å²) in [6.45, 7) is 5.52. The van der Waals surface area contributed by atoms with Crippen molar-refractivity contribution in [3.05, 3.63) is 59.7 Å². The first-order valence-corrected chi connectivity index (χ1v) is 5.82. The van der Waals surface area contributed by atoms with E-state index in [1.165, 1.54) is 24.1 Å². The van der Waals surface area contributed by atoms with Crippen molar-refractivity contribution < 1.29 is 9.13 Å². The monoisotopic (exact) mass is 234 g/mol. The van der Waals surface area contributed by atoms with E-state index in [2.05, 4.69) is 6.58 Å². The van der Waals surface area contributed by atoms with E-state index >= 15 is 0 Å². The predicted octanol–water partition coefficient (Wildman–Crippen LogP) is 4.61. The maximum Gasteiger partial charge on any atom is 0.125 e. The summed E-state index contributed by atoms with van der Waals surface area (Å²) in [5, 5.41) is 0. The van der Waals surface area contributed by atoms with Crippen LogP contribution in [0.25, 0.3) is 0 Å². The van der Waals surface area contributed by atoms with Crippen LogP contribution in [0.2, 0.25) is 0 Å². The van der Waals surface area contributed by atoms with E-state index in [1.807, 2.05) is 0 Å². The average molecular weight is 234 g/mol. The molecule has 0 N–H and O–H groups in total. The van der Waals surface area contributed by atoms with Crippen molar-refractivity contribution in [2.45, 2.75) is 26.2 Å². The van der Waals surface area contributed by atoms with Crippen molar-refractivity contribution in [3.63, 3.8) is 0 Å². The summed E-state index contributed by atoms with van der Waals surface area (Å²) in [5.74, 6) is 0.566. The summed E-state index contributed by atoms with van der Waals surface area (Å²) in [6.07, 6.45) is 11.2. The van der Waals surface area contributed by atoms with Crippen LogP contribution in [0, 0.1) is 0 Å². The highest BCUT2D eigenvalue weighted by Gasteiger charge is 2.16. The Morgan fingerprint density at radius 3 is 2.47 bits per heavy atom. The van der Waals surface area contributed by atoms with Crippen molar-refractivity contribution in [1.82, 2.24) is 0 Å². The molecule has 0 unspecified atom stereocenters. The SMILES string of the molecule is C=C\C(=C/C=C(F)\C=C/C)C(OC)=C1CCC1. The number of hydrogen-bond donors (Lipinski definition) is 0. The second-order valence-corrected chi connectivity index (χ2v) is 3.87. The Morgan fingerprint density at radius 1 is 1.35 bits per heavy atom. The zero-order valence-electron chi connectivity index (χ0n) is 10.5. The Bertz CT molecular complexity index is 391. The van der Waals surface area contributed by atoms with E-state index in [0.29, 0.717) is 0 Å². The third-order valence-electron chi connectivity index (χ3n) is 2.71. The van der Waals surface area contributed by atoms with Gasteiger partial charge in [-0.1, -0.05) is 18.7 Å². The predicted molar refractivity (Wildman–Crippen MR) is 70.2 cm³/mol. The topological polar surface area (TPSA) is 9.23 Å². The molecule has 1 nitrogen and oxygen atoms in total. The summed E-state index contributed by atoms with van der Waals surface area (Å²) in [5.41, 5.74) is 2.13. The average Bonchev–Trinajstić information content (AvgIpc) is 2.26. The van der Waals surface area contributed by atoms with Crippen molar-refractivity contribution in [2.24, 2.45) is 0 Å². The second-order valence-electron chi connectivity index (χ2n) is 3.87. The van der Waals surface area contributed by atoms with Crippen LogP contribution >= 0.6 is 0 Å². The molecule has 0 aromatic rings. The van der Waals surface area contributed by atoms with E-state index < -0.39 is 0 Å². The fourth-order valence-corrected chi connectivity index (χ4v) is 1.67. The normalized spacial score (nSPS) is 17.0. The lowest BCUT2D eigenvalue weighted by molar-refractivity contribution is 0.289. The molecule has 0 spiro atoms. The molecule has 0 aliphatic heterocycles. The van der Waals surface area contributed by atoms with Gasteiger partial charge in [-0.2, -0.15) is 0 Å². The molecule has 1 fully saturated rings. The van der Waals surface area contributed by atoms with Gasteiger partial charge in [0.25, 0.3) is 0 Å². The molecule has 0 bridgehead atoms. The van der Waals surface area contributed by atoms with Gasteiger partial charge in [-0.05, 0) is 50.0 Å². The molecule has 0 amide bonds. The Morgan fingerprint density at radius 2 is 2.06 bits per heavy atom. The van der Waals surface area contributed by atoms with E-state index in [4.69, 9.17) is 4.74 Å². The van der Waals surface area contributed by atoms with Crippen LogP contribution in [0.5, 0.6) is 0 Å². The van der Waals surface area contributed by atoms with E-state index in [1.54, 1.807) is 32.3 Å². The summed E-state index contributed by atoms with van der Waals surface area (Å²) in [4.78, 5) is 0. The number of ether oxygens (including phenoxy) is 1. The van der Waals surface area contributed by atoms with Gasteiger partial charge < -0.3 is 4.74 Å². The highest BCUT2D eigenvalue weighted by Crippen LogP contribution is 2.32. The van der Waals surface area contributed by atoms with Gasteiger partial charge in [-0.25, -0.2) is 4.39 Å². The van der Waals surface area contributed by atoms with Crippen molar-refractivity contribution in [2.75, 3.05) is 7.11 Å². The first-order chi connectivity index (χ1) is 8.22. The van der Waals surface area contributed by atoms with Gasteiger partial charge in [0.15, 0.2) is 0 Å². The minimum absolute atomic E-state index is 0.277. The lowest BCUT2D eigenvalue weighted by Crippen LogP contribution is -2.05. The maximum absolute atomic E-state index is 13.2. The Hall–Kier alpha value is -1.57. The smallest absolute Gasteiger partial charge is 0.125 e. The Balaban J connectivity index is 2.94. The van der Waals surface area contributed by atoms with Gasteiger partial charge in [0.2, 0.25) is 0 Å². The third kappa shape index (κ3) is 3.74. The number of methoxy groups -OCH3 is 1. The summed E-state index contributed by atoms with van der Waals surface area (Å²) < 4.78 is 18.6. The van der Waals surface area contributed by atoms with Crippen LogP contribution in [0.15, 0.2) is 59.7 Å². The Labute approximate surface area is 103 Å². The number of allylic oxidation sites excluding steroid dienone is 7. The molecule has 17 heavy (non-hydrogen) atoms. The Kier molecular flexibility index (Phi) is 5.47. The van der Waals surface area contributed by atoms with Crippen LogP contribution in [0.4, 0.5) is 4.39 Å². The van der Waals surface area contributed by atoms with Crippen molar-refractivity contribution >= 4 is 0 Å². The van der Waals surface area contributed by atoms with Gasteiger partial charge >= 0.3 is 0 Å². The minimum Gasteiger partial charge on any atom is -0.496 e. The van der Waals surface area contributed by atoms with Crippen molar-refractivity contribution in [3.8, 4) is 0 Å². The molecular formula is C15H19FO. The molecule has 2 heteroatoms. The van der Waals surface area contributed by atoms with Crippen LogP contribution < -0.4 is 0 Å². The molecule has 0 radical (unpaired) electrons. The molecule has 0 aromatic carbocycles. The number of rotatable bonds is 5. The lowest BCUT2D eigenvalue weighted by atomic mass is 9.89. The zero-order chi connectivity index (χ0) is 12.7.